The van der Waals surface area contributed by atoms with Gasteiger partial charge in [-0.15, -0.1) is 22.7 Å². The minimum absolute atomic E-state index is 0.0258. The van der Waals surface area contributed by atoms with Gasteiger partial charge in [0.2, 0.25) is 0 Å². The van der Waals surface area contributed by atoms with Crippen molar-refractivity contribution in [3.63, 3.8) is 0 Å². The SMILES string of the molecule is CN(CCC(=O)O)C(=O)c1cc2sccc2s1. The molecular formula is C11H11NO3S2. The average Bonchev–Trinajstić information content (AvgIpc) is 2.84. The van der Waals surface area contributed by atoms with E-state index in [1.165, 1.54) is 16.2 Å². The van der Waals surface area contributed by atoms with Gasteiger partial charge in [0.25, 0.3) is 5.91 Å². The van der Waals surface area contributed by atoms with Gasteiger partial charge < -0.3 is 10.0 Å². The van der Waals surface area contributed by atoms with E-state index >= 15 is 0 Å². The van der Waals surface area contributed by atoms with Gasteiger partial charge >= 0.3 is 5.97 Å². The second-order valence-electron chi connectivity index (χ2n) is 3.63. The van der Waals surface area contributed by atoms with Crippen molar-refractivity contribution in [3.8, 4) is 0 Å². The molecule has 2 aromatic rings. The standard InChI is InChI=1S/C11H11NO3S2/c1-12(4-2-10(13)14)11(15)9-6-8-7(17-9)3-5-16-8/h3,5-6H,2,4H2,1H3,(H,13,14). The van der Waals surface area contributed by atoms with Crippen LogP contribution in [0, 0.1) is 0 Å². The normalized spacial score (nSPS) is 10.6. The van der Waals surface area contributed by atoms with E-state index < -0.39 is 5.97 Å². The van der Waals surface area contributed by atoms with Crippen molar-refractivity contribution in [1.29, 1.82) is 0 Å². The molecule has 0 bridgehead atoms. The predicted octanol–water partition coefficient (Wildman–Crippen LogP) is 2.51. The highest BCUT2D eigenvalue weighted by molar-refractivity contribution is 7.27. The molecule has 0 fully saturated rings. The van der Waals surface area contributed by atoms with Crippen molar-refractivity contribution in [1.82, 2.24) is 4.90 Å². The highest BCUT2D eigenvalue weighted by Crippen LogP contribution is 2.30. The molecule has 1 amide bonds. The molecule has 90 valence electrons. The smallest absolute Gasteiger partial charge is 0.305 e. The molecule has 0 unspecified atom stereocenters. The van der Waals surface area contributed by atoms with E-state index in [-0.39, 0.29) is 18.9 Å². The fraction of sp³-hybridized carbons (Fsp3) is 0.273. The second kappa shape index (κ2) is 4.85. The van der Waals surface area contributed by atoms with Gasteiger partial charge in [-0.3, -0.25) is 9.59 Å². The topological polar surface area (TPSA) is 57.6 Å². The number of aliphatic carboxylic acids is 1. The van der Waals surface area contributed by atoms with E-state index in [9.17, 15) is 9.59 Å². The van der Waals surface area contributed by atoms with E-state index in [1.54, 1.807) is 18.4 Å². The van der Waals surface area contributed by atoms with Crippen LogP contribution in [0.25, 0.3) is 9.40 Å². The molecule has 0 aliphatic carbocycles. The molecule has 2 rings (SSSR count). The lowest BCUT2D eigenvalue weighted by atomic mass is 10.3. The average molecular weight is 269 g/mol. The highest BCUT2D eigenvalue weighted by atomic mass is 32.1. The molecule has 6 heteroatoms. The largest absolute Gasteiger partial charge is 0.481 e. The van der Waals surface area contributed by atoms with E-state index in [0.717, 1.165) is 9.40 Å². The van der Waals surface area contributed by atoms with Crippen molar-refractivity contribution < 1.29 is 14.7 Å². The maximum Gasteiger partial charge on any atom is 0.305 e. The number of hydrogen-bond donors (Lipinski definition) is 1. The molecule has 0 saturated heterocycles. The number of carboxylic acids is 1. The van der Waals surface area contributed by atoms with Crippen LogP contribution < -0.4 is 0 Å². The Kier molecular flexibility index (Phi) is 3.44. The van der Waals surface area contributed by atoms with Crippen LogP contribution >= 0.6 is 22.7 Å². The Labute approximate surface area is 106 Å². The van der Waals surface area contributed by atoms with Crippen LogP contribution in [0.4, 0.5) is 0 Å². The van der Waals surface area contributed by atoms with E-state index in [1.807, 2.05) is 17.5 Å². The number of nitrogens with zero attached hydrogens (tertiary/aromatic N) is 1. The highest BCUT2D eigenvalue weighted by Gasteiger charge is 2.15. The van der Waals surface area contributed by atoms with Gasteiger partial charge in [-0.2, -0.15) is 0 Å². The first-order valence-corrected chi connectivity index (χ1v) is 6.72. The molecule has 0 spiro atoms. The molecule has 0 aromatic carbocycles. The summed E-state index contributed by atoms with van der Waals surface area (Å²) >= 11 is 3.05. The number of amides is 1. The maximum atomic E-state index is 12.0. The molecule has 0 atom stereocenters. The third-order valence-electron chi connectivity index (χ3n) is 2.36. The van der Waals surface area contributed by atoms with E-state index in [2.05, 4.69) is 0 Å². The van der Waals surface area contributed by atoms with Crippen molar-refractivity contribution in [2.75, 3.05) is 13.6 Å². The van der Waals surface area contributed by atoms with Gasteiger partial charge in [0.1, 0.15) is 0 Å². The molecule has 0 aliphatic rings. The summed E-state index contributed by atoms with van der Waals surface area (Å²) in [5.74, 6) is -1.00. The molecule has 0 aliphatic heterocycles. The number of hydrogen-bond acceptors (Lipinski definition) is 4. The van der Waals surface area contributed by atoms with Crippen LogP contribution in [0.2, 0.25) is 0 Å². The van der Waals surface area contributed by atoms with Gasteiger partial charge in [-0.1, -0.05) is 0 Å². The lowest BCUT2D eigenvalue weighted by molar-refractivity contribution is -0.137. The number of carbonyl (C=O) groups is 2. The van der Waals surface area contributed by atoms with Gasteiger partial charge in [0, 0.05) is 23.0 Å². The molecule has 0 saturated carbocycles. The Morgan fingerprint density at radius 3 is 2.82 bits per heavy atom. The number of rotatable bonds is 4. The number of thiophene rings is 2. The summed E-state index contributed by atoms with van der Waals surface area (Å²) in [4.78, 5) is 24.5. The molecule has 2 heterocycles. The monoisotopic (exact) mass is 269 g/mol. The summed E-state index contributed by atoms with van der Waals surface area (Å²) in [5.41, 5.74) is 0. The third kappa shape index (κ3) is 2.65. The number of fused-ring (bicyclic) bond motifs is 1. The number of carbonyl (C=O) groups excluding carboxylic acids is 1. The molecule has 17 heavy (non-hydrogen) atoms. The van der Waals surface area contributed by atoms with Crippen LogP contribution in [0.15, 0.2) is 17.5 Å². The van der Waals surface area contributed by atoms with Crippen LogP contribution in [-0.4, -0.2) is 35.5 Å². The molecule has 0 radical (unpaired) electrons. The van der Waals surface area contributed by atoms with Gasteiger partial charge in [-0.05, 0) is 17.5 Å². The number of carboxylic acid groups (broad SMARTS) is 1. The van der Waals surface area contributed by atoms with E-state index in [4.69, 9.17) is 5.11 Å². The second-order valence-corrected chi connectivity index (χ2v) is 5.66. The van der Waals surface area contributed by atoms with Gasteiger partial charge in [0.15, 0.2) is 0 Å². The Bertz CT molecular complexity index is 529. The van der Waals surface area contributed by atoms with Gasteiger partial charge in [0.05, 0.1) is 11.3 Å². The summed E-state index contributed by atoms with van der Waals surface area (Å²) in [7, 11) is 1.62. The molecular weight excluding hydrogens is 258 g/mol. The van der Waals surface area contributed by atoms with Crippen LogP contribution in [0.1, 0.15) is 16.1 Å². The lowest BCUT2D eigenvalue weighted by Crippen LogP contribution is -2.28. The minimum Gasteiger partial charge on any atom is -0.481 e. The summed E-state index contributed by atoms with van der Waals surface area (Å²) in [6.07, 6.45) is -0.0258. The zero-order valence-corrected chi connectivity index (χ0v) is 10.8. The Morgan fingerprint density at radius 2 is 2.18 bits per heavy atom. The van der Waals surface area contributed by atoms with Crippen molar-refractivity contribution in [3.05, 3.63) is 22.4 Å². The zero-order valence-electron chi connectivity index (χ0n) is 9.17. The van der Waals surface area contributed by atoms with Crippen molar-refractivity contribution in [2.45, 2.75) is 6.42 Å². The summed E-state index contributed by atoms with van der Waals surface area (Å²) in [6, 6.07) is 3.85. The maximum absolute atomic E-state index is 12.0. The molecule has 4 nitrogen and oxygen atoms in total. The fourth-order valence-corrected chi connectivity index (χ4v) is 3.53. The van der Waals surface area contributed by atoms with Crippen molar-refractivity contribution in [2.24, 2.45) is 0 Å². The van der Waals surface area contributed by atoms with E-state index in [0.29, 0.717) is 4.88 Å². The summed E-state index contributed by atoms with van der Waals surface area (Å²) in [6.45, 7) is 0.236. The van der Waals surface area contributed by atoms with Gasteiger partial charge in [-0.25, -0.2) is 0 Å². The Morgan fingerprint density at radius 1 is 1.41 bits per heavy atom. The third-order valence-corrected chi connectivity index (χ3v) is 4.44. The minimum atomic E-state index is -0.892. The Hall–Kier alpha value is -1.40. The van der Waals surface area contributed by atoms with Crippen LogP contribution in [-0.2, 0) is 4.79 Å². The quantitative estimate of drug-likeness (QED) is 0.927. The molecule has 2 aromatic heterocycles. The zero-order chi connectivity index (χ0) is 12.4. The predicted molar refractivity (Wildman–Crippen MR) is 68.9 cm³/mol. The summed E-state index contributed by atoms with van der Waals surface area (Å²) < 4.78 is 2.20. The first kappa shape index (κ1) is 12.1. The molecule has 1 N–H and O–H groups in total. The van der Waals surface area contributed by atoms with Crippen molar-refractivity contribution >= 4 is 43.9 Å². The first-order valence-electron chi connectivity index (χ1n) is 5.02. The summed E-state index contributed by atoms with van der Waals surface area (Å²) in [5, 5.41) is 10.6. The first-order chi connectivity index (χ1) is 8.08. The van der Waals surface area contributed by atoms with Crippen LogP contribution in [0.3, 0.4) is 0 Å². The Balaban J connectivity index is 2.09. The lowest BCUT2D eigenvalue weighted by Gasteiger charge is -2.14. The van der Waals surface area contributed by atoms with Crippen LogP contribution in [0.5, 0.6) is 0 Å². The fourth-order valence-electron chi connectivity index (χ4n) is 1.42.